The number of carbonyl (C=O) groups excluding carboxylic acids is 1. The Hall–Kier alpha value is -4.06. The zero-order chi connectivity index (χ0) is 22.8. The van der Waals surface area contributed by atoms with Crippen molar-refractivity contribution >= 4 is 18.0 Å². The number of aliphatic carboxylic acids is 1. The number of aromatic hydroxyl groups is 1. The van der Waals surface area contributed by atoms with Crippen LogP contribution in [0.1, 0.15) is 35.3 Å². The maximum Gasteiger partial charge on any atom is 0.352 e. The van der Waals surface area contributed by atoms with E-state index in [1.807, 2.05) is 45.0 Å². The third-order valence-electron chi connectivity index (χ3n) is 4.14. The molecule has 0 radical (unpaired) electrons. The van der Waals surface area contributed by atoms with E-state index >= 15 is 0 Å². The highest BCUT2D eigenvalue weighted by Crippen LogP contribution is 2.25. The molecule has 0 aliphatic carbocycles. The smallest absolute Gasteiger partial charge is 0.352 e. The first kappa shape index (κ1) is 23.2. The summed E-state index contributed by atoms with van der Waals surface area (Å²) >= 11 is 0. The molecule has 160 valence electrons. The largest absolute Gasteiger partial charge is 0.507 e. The van der Waals surface area contributed by atoms with E-state index in [1.54, 1.807) is 36.4 Å². The minimum Gasteiger partial charge on any atom is -0.507 e. The van der Waals surface area contributed by atoms with Crippen molar-refractivity contribution in [1.82, 2.24) is 5.32 Å². The second kappa shape index (κ2) is 11.2. The van der Waals surface area contributed by atoms with Crippen LogP contribution in [0.15, 0.2) is 78.5 Å². The van der Waals surface area contributed by atoms with Crippen molar-refractivity contribution in [3.8, 4) is 17.2 Å². The monoisotopic (exact) mass is 419 g/mol. The lowest BCUT2D eigenvalue weighted by atomic mass is 10.1. The number of hydrogen-bond acceptors (Lipinski definition) is 4. The van der Waals surface area contributed by atoms with Crippen molar-refractivity contribution in [2.75, 3.05) is 0 Å². The highest BCUT2D eigenvalue weighted by molar-refractivity contribution is 6.04. The molecule has 0 aromatic heterocycles. The molecule has 3 rings (SSSR count). The maximum atomic E-state index is 12.3. The van der Waals surface area contributed by atoms with Crippen LogP contribution in [0.5, 0.6) is 17.2 Å². The second-order valence-corrected chi connectivity index (χ2v) is 6.27. The molecule has 3 aromatic carbocycles. The normalized spacial score (nSPS) is 10.5. The highest BCUT2D eigenvalue weighted by atomic mass is 16.5. The van der Waals surface area contributed by atoms with Gasteiger partial charge in [0.25, 0.3) is 5.91 Å². The van der Waals surface area contributed by atoms with Gasteiger partial charge in [0.2, 0.25) is 0 Å². The maximum absolute atomic E-state index is 12.3. The van der Waals surface area contributed by atoms with E-state index in [0.717, 1.165) is 11.3 Å². The van der Waals surface area contributed by atoms with Gasteiger partial charge in [-0.1, -0.05) is 56.3 Å². The average Bonchev–Trinajstić information content (AvgIpc) is 2.77. The number of amides is 1. The Bertz CT molecular complexity index is 1070. The fourth-order valence-electron chi connectivity index (χ4n) is 2.60. The van der Waals surface area contributed by atoms with Gasteiger partial charge in [0.1, 0.15) is 22.9 Å². The quantitative estimate of drug-likeness (QED) is 0.467. The Kier molecular flexibility index (Phi) is 8.40. The molecular formula is C25H25NO5. The van der Waals surface area contributed by atoms with Crippen molar-refractivity contribution in [2.24, 2.45) is 0 Å². The molecule has 0 bridgehead atoms. The van der Waals surface area contributed by atoms with Crippen LogP contribution in [0.2, 0.25) is 0 Å². The molecule has 3 aromatic rings. The summed E-state index contributed by atoms with van der Waals surface area (Å²) in [5, 5.41) is 21.5. The number of rotatable bonds is 6. The minimum atomic E-state index is -1.30. The summed E-state index contributed by atoms with van der Waals surface area (Å²) in [6.45, 7) is 5.94. The van der Waals surface area contributed by atoms with Gasteiger partial charge in [0.05, 0.1) is 5.56 Å². The molecule has 6 nitrogen and oxygen atoms in total. The van der Waals surface area contributed by atoms with E-state index < -0.39 is 11.9 Å². The zero-order valence-electron chi connectivity index (χ0n) is 17.6. The Morgan fingerprint density at radius 2 is 1.52 bits per heavy atom. The van der Waals surface area contributed by atoms with Gasteiger partial charge in [-0.05, 0) is 54.5 Å². The lowest BCUT2D eigenvalue weighted by Crippen LogP contribution is -2.27. The summed E-state index contributed by atoms with van der Waals surface area (Å²) < 4.78 is 5.82. The summed E-state index contributed by atoms with van der Waals surface area (Å²) in [7, 11) is 0. The molecule has 3 N–H and O–H groups in total. The first-order chi connectivity index (χ1) is 14.9. The molecule has 31 heavy (non-hydrogen) atoms. The van der Waals surface area contributed by atoms with Gasteiger partial charge < -0.3 is 20.3 Å². The van der Waals surface area contributed by atoms with Crippen LogP contribution in [-0.2, 0) is 4.79 Å². The molecule has 0 aliphatic rings. The summed E-state index contributed by atoms with van der Waals surface area (Å²) in [4.78, 5) is 23.8. The van der Waals surface area contributed by atoms with Crippen LogP contribution in [0, 0.1) is 6.92 Å². The average molecular weight is 419 g/mol. The lowest BCUT2D eigenvalue weighted by Gasteiger charge is -2.09. The van der Waals surface area contributed by atoms with Crippen molar-refractivity contribution in [3.63, 3.8) is 0 Å². The number of carbonyl (C=O) groups is 2. The van der Waals surface area contributed by atoms with Gasteiger partial charge in [-0.25, -0.2) is 4.79 Å². The molecule has 0 saturated carbocycles. The van der Waals surface area contributed by atoms with E-state index in [9.17, 15) is 19.8 Å². The van der Waals surface area contributed by atoms with Crippen LogP contribution < -0.4 is 10.1 Å². The number of ether oxygens (including phenoxy) is 1. The Morgan fingerprint density at radius 1 is 0.903 bits per heavy atom. The highest BCUT2D eigenvalue weighted by Gasteiger charge is 2.16. The van der Waals surface area contributed by atoms with Crippen molar-refractivity contribution in [1.29, 1.82) is 0 Å². The molecule has 6 heteroatoms. The minimum absolute atomic E-state index is 0.0124. The molecular weight excluding hydrogens is 394 g/mol. The number of phenolic OH excluding ortho intramolecular Hbond substituents is 1. The first-order valence-corrected chi connectivity index (χ1v) is 9.82. The van der Waals surface area contributed by atoms with Gasteiger partial charge in [0.15, 0.2) is 0 Å². The van der Waals surface area contributed by atoms with Crippen molar-refractivity contribution in [2.45, 2.75) is 20.8 Å². The van der Waals surface area contributed by atoms with Crippen molar-refractivity contribution < 1.29 is 24.5 Å². The molecule has 0 atom stereocenters. The number of nitrogens with one attached hydrogen (secondary N) is 1. The second-order valence-electron chi connectivity index (χ2n) is 6.27. The summed E-state index contributed by atoms with van der Waals surface area (Å²) in [6, 6.07) is 20.3. The van der Waals surface area contributed by atoms with Crippen LogP contribution in [0.4, 0.5) is 0 Å². The summed E-state index contributed by atoms with van der Waals surface area (Å²) in [5.74, 6) is -0.902. The molecule has 0 fully saturated rings. The number of para-hydroxylation sites is 2. The number of phenols is 1. The predicted octanol–water partition coefficient (Wildman–Crippen LogP) is 5.37. The SMILES string of the molecule is CC.Cc1ccccc1Oc1ccc(/C=C(\NC(=O)c2ccccc2O)C(=O)O)cc1. The first-order valence-electron chi connectivity index (χ1n) is 9.82. The lowest BCUT2D eigenvalue weighted by molar-refractivity contribution is -0.132. The summed E-state index contributed by atoms with van der Waals surface area (Å²) in [6.07, 6.45) is 1.33. The van der Waals surface area contributed by atoms with Crippen LogP contribution in [0.3, 0.4) is 0 Å². The Balaban J connectivity index is 0.00000166. The van der Waals surface area contributed by atoms with Crippen LogP contribution in [0.25, 0.3) is 6.08 Å². The van der Waals surface area contributed by atoms with E-state index in [1.165, 1.54) is 18.2 Å². The van der Waals surface area contributed by atoms with E-state index in [2.05, 4.69) is 5.32 Å². The molecule has 0 saturated heterocycles. The topological polar surface area (TPSA) is 95.9 Å². The van der Waals surface area contributed by atoms with Crippen LogP contribution in [-0.4, -0.2) is 22.1 Å². The molecule has 0 unspecified atom stereocenters. The predicted molar refractivity (Wildman–Crippen MR) is 120 cm³/mol. The summed E-state index contributed by atoms with van der Waals surface area (Å²) in [5.41, 5.74) is 1.24. The molecule has 1 amide bonds. The third-order valence-corrected chi connectivity index (χ3v) is 4.14. The molecule has 0 heterocycles. The van der Waals surface area contributed by atoms with Crippen molar-refractivity contribution in [3.05, 3.63) is 95.2 Å². The number of aryl methyl sites for hydroxylation is 1. The van der Waals surface area contributed by atoms with Gasteiger partial charge in [-0.2, -0.15) is 0 Å². The standard InChI is InChI=1S/C23H19NO5.C2H6/c1-15-6-2-5-9-21(15)29-17-12-10-16(11-13-17)14-19(23(27)28)24-22(26)18-7-3-4-8-20(18)25;1-2/h2-14,25H,1H3,(H,24,26)(H,27,28);1-2H3/b19-14-;. The number of carboxylic acid groups (broad SMARTS) is 1. The molecule has 0 spiro atoms. The van der Waals surface area contributed by atoms with E-state index in [-0.39, 0.29) is 17.0 Å². The fraction of sp³-hybridized carbons (Fsp3) is 0.120. The van der Waals surface area contributed by atoms with Gasteiger partial charge in [0, 0.05) is 0 Å². The number of benzene rings is 3. The van der Waals surface area contributed by atoms with E-state index in [0.29, 0.717) is 11.3 Å². The number of carboxylic acids is 1. The van der Waals surface area contributed by atoms with Gasteiger partial charge >= 0.3 is 5.97 Å². The molecule has 0 aliphatic heterocycles. The van der Waals surface area contributed by atoms with Gasteiger partial charge in [-0.15, -0.1) is 0 Å². The number of hydrogen-bond donors (Lipinski definition) is 3. The Labute approximate surface area is 181 Å². The zero-order valence-corrected chi connectivity index (χ0v) is 17.6. The Morgan fingerprint density at radius 3 is 2.13 bits per heavy atom. The van der Waals surface area contributed by atoms with E-state index in [4.69, 9.17) is 4.74 Å². The van der Waals surface area contributed by atoms with Gasteiger partial charge in [-0.3, -0.25) is 4.79 Å². The fourth-order valence-corrected chi connectivity index (χ4v) is 2.60. The van der Waals surface area contributed by atoms with Crippen LogP contribution >= 0.6 is 0 Å². The third kappa shape index (κ3) is 6.47.